The first-order valence-electron chi connectivity index (χ1n) is 8.91. The second-order valence-electron chi connectivity index (χ2n) is 6.58. The Morgan fingerprint density at radius 2 is 1.71 bits per heavy atom. The van der Waals surface area contributed by atoms with E-state index in [1.807, 2.05) is 30.6 Å². The molecule has 0 radical (unpaired) electrons. The van der Waals surface area contributed by atoms with Crippen LogP contribution in [-0.2, 0) is 6.54 Å². The molecule has 8 heteroatoms. The molecule has 0 aliphatic carbocycles. The number of hydrogen-bond acceptors (Lipinski definition) is 6. The second kappa shape index (κ2) is 10.3. The molecule has 2 aromatic heterocycles. The lowest BCUT2D eigenvalue weighted by atomic mass is 10.1. The van der Waals surface area contributed by atoms with Crippen molar-refractivity contribution in [3.63, 3.8) is 0 Å². The number of aryl methyl sites for hydroxylation is 1. The molecule has 0 amide bonds. The van der Waals surface area contributed by atoms with Crippen LogP contribution in [0, 0.1) is 6.92 Å². The standard InChI is InChI=1S/C20H22N6.2ClH/c1-16-5-2-3-7-18(16)19-14-22-24-20(23-19)26-11-9-25(10-12-26)15-17-6-4-8-21-13-17;;/h2-8,13-14H,9-12,15H2,1H3;2*1H. The van der Waals surface area contributed by atoms with Crippen LogP contribution in [0.15, 0.2) is 55.0 Å². The average Bonchev–Trinajstić information content (AvgIpc) is 2.70. The van der Waals surface area contributed by atoms with Crippen LogP contribution in [-0.4, -0.2) is 51.2 Å². The molecule has 1 aromatic carbocycles. The van der Waals surface area contributed by atoms with Crippen LogP contribution in [0.3, 0.4) is 0 Å². The summed E-state index contributed by atoms with van der Waals surface area (Å²) in [6.45, 7) is 6.79. The van der Waals surface area contributed by atoms with Crippen molar-refractivity contribution in [1.29, 1.82) is 0 Å². The molecule has 0 N–H and O–H groups in total. The van der Waals surface area contributed by atoms with Crippen molar-refractivity contribution in [1.82, 2.24) is 25.1 Å². The first-order chi connectivity index (χ1) is 12.8. The fraction of sp³-hybridized carbons (Fsp3) is 0.300. The molecule has 28 heavy (non-hydrogen) atoms. The summed E-state index contributed by atoms with van der Waals surface area (Å²) in [5, 5.41) is 8.45. The highest BCUT2D eigenvalue weighted by Crippen LogP contribution is 2.22. The number of aromatic nitrogens is 4. The molecule has 1 aliphatic heterocycles. The zero-order valence-electron chi connectivity index (χ0n) is 15.7. The highest BCUT2D eigenvalue weighted by atomic mass is 35.5. The Balaban J connectivity index is 0.00000140. The third-order valence-corrected chi connectivity index (χ3v) is 4.75. The van der Waals surface area contributed by atoms with Crippen molar-refractivity contribution < 1.29 is 0 Å². The fourth-order valence-electron chi connectivity index (χ4n) is 3.27. The van der Waals surface area contributed by atoms with E-state index in [1.54, 1.807) is 6.20 Å². The van der Waals surface area contributed by atoms with Gasteiger partial charge in [0, 0.05) is 50.7 Å². The molecular weight excluding hydrogens is 395 g/mol. The lowest BCUT2D eigenvalue weighted by Crippen LogP contribution is -2.46. The lowest BCUT2D eigenvalue weighted by molar-refractivity contribution is 0.248. The van der Waals surface area contributed by atoms with Gasteiger partial charge in [0.05, 0.1) is 11.9 Å². The van der Waals surface area contributed by atoms with Gasteiger partial charge in [-0.15, -0.1) is 29.9 Å². The summed E-state index contributed by atoms with van der Waals surface area (Å²) in [7, 11) is 0. The van der Waals surface area contributed by atoms with Crippen molar-refractivity contribution in [3.8, 4) is 11.3 Å². The van der Waals surface area contributed by atoms with Gasteiger partial charge in [-0.2, -0.15) is 5.10 Å². The van der Waals surface area contributed by atoms with Crippen molar-refractivity contribution in [2.75, 3.05) is 31.1 Å². The van der Waals surface area contributed by atoms with Gasteiger partial charge in [-0.3, -0.25) is 9.88 Å². The van der Waals surface area contributed by atoms with Crippen molar-refractivity contribution in [2.24, 2.45) is 0 Å². The molecule has 1 fully saturated rings. The number of pyridine rings is 1. The molecule has 3 aromatic rings. The minimum atomic E-state index is 0. The monoisotopic (exact) mass is 418 g/mol. The van der Waals surface area contributed by atoms with E-state index in [4.69, 9.17) is 4.98 Å². The second-order valence-corrected chi connectivity index (χ2v) is 6.58. The summed E-state index contributed by atoms with van der Waals surface area (Å²) in [5.41, 5.74) is 4.44. The van der Waals surface area contributed by atoms with Crippen molar-refractivity contribution in [2.45, 2.75) is 13.5 Å². The molecule has 0 atom stereocenters. The maximum absolute atomic E-state index is 4.76. The molecule has 6 nitrogen and oxygen atoms in total. The van der Waals surface area contributed by atoms with Crippen LogP contribution in [0.2, 0.25) is 0 Å². The third kappa shape index (κ3) is 5.16. The molecule has 0 unspecified atom stereocenters. The number of nitrogens with zero attached hydrogens (tertiary/aromatic N) is 6. The van der Waals surface area contributed by atoms with E-state index < -0.39 is 0 Å². The molecular formula is C20H24Cl2N6. The van der Waals surface area contributed by atoms with Crippen molar-refractivity contribution >= 4 is 30.8 Å². The van der Waals surface area contributed by atoms with Gasteiger partial charge in [-0.1, -0.05) is 30.3 Å². The van der Waals surface area contributed by atoms with E-state index in [1.165, 1.54) is 11.1 Å². The first-order valence-corrected chi connectivity index (χ1v) is 8.91. The van der Waals surface area contributed by atoms with Crippen LogP contribution in [0.4, 0.5) is 5.95 Å². The number of anilines is 1. The minimum absolute atomic E-state index is 0. The van der Waals surface area contributed by atoms with E-state index in [-0.39, 0.29) is 24.8 Å². The average molecular weight is 419 g/mol. The zero-order valence-corrected chi connectivity index (χ0v) is 17.4. The van der Waals surface area contributed by atoms with Crippen LogP contribution in [0.1, 0.15) is 11.1 Å². The summed E-state index contributed by atoms with van der Waals surface area (Å²) in [6.07, 6.45) is 5.49. The number of rotatable bonds is 4. The first kappa shape index (κ1) is 22.0. The Hall–Kier alpha value is -2.28. The van der Waals surface area contributed by atoms with Gasteiger partial charge >= 0.3 is 0 Å². The Kier molecular flexibility index (Phi) is 8.11. The Morgan fingerprint density at radius 1 is 0.929 bits per heavy atom. The normalized spacial score (nSPS) is 14.1. The molecule has 1 saturated heterocycles. The molecule has 0 spiro atoms. The Bertz CT molecular complexity index is 869. The summed E-state index contributed by atoms with van der Waals surface area (Å²) in [4.78, 5) is 13.6. The van der Waals surface area contributed by atoms with Crippen molar-refractivity contribution in [3.05, 3.63) is 66.1 Å². The smallest absolute Gasteiger partial charge is 0.245 e. The van der Waals surface area contributed by atoms with E-state index >= 15 is 0 Å². The number of hydrogen-bond donors (Lipinski definition) is 0. The van der Waals surface area contributed by atoms with E-state index in [9.17, 15) is 0 Å². The van der Waals surface area contributed by atoms with E-state index in [0.717, 1.165) is 44.0 Å². The van der Waals surface area contributed by atoms with Gasteiger partial charge in [0.15, 0.2) is 0 Å². The van der Waals surface area contributed by atoms with E-state index in [2.05, 4.69) is 50.1 Å². The summed E-state index contributed by atoms with van der Waals surface area (Å²) in [5.74, 6) is 0.715. The molecule has 3 heterocycles. The summed E-state index contributed by atoms with van der Waals surface area (Å²) >= 11 is 0. The fourth-order valence-corrected chi connectivity index (χ4v) is 3.27. The van der Waals surface area contributed by atoms with Crippen LogP contribution < -0.4 is 4.90 Å². The van der Waals surface area contributed by atoms with Gasteiger partial charge in [0.25, 0.3) is 0 Å². The summed E-state index contributed by atoms with van der Waals surface area (Å²) < 4.78 is 0. The molecule has 4 rings (SSSR count). The SMILES string of the molecule is Cc1ccccc1-c1cnnc(N2CCN(Cc3cccnc3)CC2)n1.Cl.Cl. The van der Waals surface area contributed by atoms with Gasteiger partial charge < -0.3 is 4.90 Å². The zero-order chi connectivity index (χ0) is 17.8. The highest BCUT2D eigenvalue weighted by Gasteiger charge is 2.20. The maximum Gasteiger partial charge on any atom is 0.245 e. The molecule has 0 saturated carbocycles. The minimum Gasteiger partial charge on any atom is -0.337 e. The molecule has 148 valence electrons. The van der Waals surface area contributed by atoms with Crippen LogP contribution in [0.25, 0.3) is 11.3 Å². The number of benzene rings is 1. The van der Waals surface area contributed by atoms with Crippen LogP contribution >= 0.6 is 24.8 Å². The predicted octanol–water partition coefficient (Wildman–Crippen LogP) is 3.41. The molecule has 1 aliphatic rings. The molecule has 0 bridgehead atoms. The highest BCUT2D eigenvalue weighted by molar-refractivity contribution is 5.85. The largest absolute Gasteiger partial charge is 0.337 e. The maximum atomic E-state index is 4.76. The number of halogens is 2. The van der Waals surface area contributed by atoms with Gasteiger partial charge in [-0.25, -0.2) is 4.98 Å². The Labute approximate surface area is 177 Å². The van der Waals surface area contributed by atoms with Gasteiger partial charge in [0.2, 0.25) is 5.95 Å². The summed E-state index contributed by atoms with van der Waals surface area (Å²) in [6, 6.07) is 12.3. The Morgan fingerprint density at radius 3 is 2.43 bits per heavy atom. The lowest BCUT2D eigenvalue weighted by Gasteiger charge is -2.34. The van der Waals surface area contributed by atoms with Gasteiger partial charge in [0.1, 0.15) is 0 Å². The topological polar surface area (TPSA) is 58.0 Å². The van der Waals surface area contributed by atoms with Crippen LogP contribution in [0.5, 0.6) is 0 Å². The number of piperazine rings is 1. The quantitative estimate of drug-likeness (QED) is 0.646. The third-order valence-electron chi connectivity index (χ3n) is 4.75. The predicted molar refractivity (Wildman–Crippen MR) is 116 cm³/mol. The van der Waals surface area contributed by atoms with Gasteiger partial charge in [-0.05, 0) is 24.1 Å². The van der Waals surface area contributed by atoms with E-state index in [0.29, 0.717) is 5.95 Å².